The van der Waals surface area contributed by atoms with Gasteiger partial charge in [0.05, 0.1) is 65.9 Å². The fraction of sp³-hybridized carbons (Fsp3) is 0.600. The van der Waals surface area contributed by atoms with E-state index in [-0.39, 0.29) is 37.3 Å². The second-order valence-electron chi connectivity index (χ2n) is 20.2. The highest BCUT2D eigenvalue weighted by Gasteiger charge is 2.63. The number of halogens is 3. The second kappa shape index (κ2) is 19.3. The molecule has 0 unspecified atom stereocenters. The van der Waals surface area contributed by atoms with Crippen molar-refractivity contribution in [3.63, 3.8) is 0 Å². The molecule has 18 heteroatoms. The molecule has 3 aromatic rings. The van der Waals surface area contributed by atoms with E-state index >= 15 is 4.79 Å². The third-order valence-corrected chi connectivity index (χ3v) is 16.4. The summed E-state index contributed by atoms with van der Waals surface area (Å²) in [6.07, 6.45) is 1.41. The number of fused-ring (bicyclic) bond motifs is 3. The van der Waals surface area contributed by atoms with E-state index in [4.69, 9.17) is 23.9 Å². The third-order valence-electron chi connectivity index (χ3n) is 14.2. The highest BCUT2D eigenvalue weighted by Crippen LogP contribution is 2.58. The van der Waals surface area contributed by atoms with Crippen LogP contribution in [0.1, 0.15) is 113 Å². The van der Waals surface area contributed by atoms with Crippen molar-refractivity contribution < 1.29 is 59.7 Å². The molecule has 2 saturated carbocycles. The van der Waals surface area contributed by atoms with Crippen LogP contribution in [0.3, 0.4) is 0 Å². The van der Waals surface area contributed by atoms with Gasteiger partial charge in [-0.25, -0.2) is 13.4 Å². The molecule has 68 heavy (non-hydrogen) atoms. The summed E-state index contributed by atoms with van der Waals surface area (Å²) in [6.45, 7) is 10.5. The van der Waals surface area contributed by atoms with E-state index in [2.05, 4.69) is 9.71 Å². The number of hydrogen-bond acceptors (Lipinski definition) is 12. The monoisotopic (exact) mass is 968 g/mol. The molecule has 7 rings (SSSR count). The lowest BCUT2D eigenvalue weighted by Crippen LogP contribution is -2.49. The molecule has 1 saturated heterocycles. The Balaban J connectivity index is 1.28. The van der Waals surface area contributed by atoms with E-state index in [0.29, 0.717) is 72.2 Å². The zero-order chi connectivity index (χ0) is 49.6. The Hall–Kier alpha value is -5.26. The first-order valence-electron chi connectivity index (χ1n) is 23.5. The van der Waals surface area contributed by atoms with E-state index < -0.39 is 98.3 Å². The Morgan fingerprint density at radius 1 is 1.03 bits per heavy atom. The zero-order valence-electron chi connectivity index (χ0n) is 40.0. The molecule has 1 N–H and O–H groups in total. The van der Waals surface area contributed by atoms with Gasteiger partial charge < -0.3 is 23.8 Å². The molecule has 4 heterocycles. The molecule has 0 radical (unpaired) electrons. The fourth-order valence-electron chi connectivity index (χ4n) is 9.49. The second-order valence-corrected chi connectivity index (χ2v) is 22.4. The minimum absolute atomic E-state index is 0.00452. The molecular weight excluding hydrogens is 906 g/mol. The molecule has 0 spiro atoms. The van der Waals surface area contributed by atoms with Crippen LogP contribution in [0.15, 0.2) is 54.7 Å². The molecule has 14 nitrogen and oxygen atoms in total. The molecular formula is C50H63F3N4O10S. The van der Waals surface area contributed by atoms with Crippen LogP contribution < -0.4 is 18.9 Å². The highest BCUT2D eigenvalue weighted by molar-refractivity contribution is 7.91. The van der Waals surface area contributed by atoms with Crippen LogP contribution in [0.2, 0.25) is 0 Å². The molecule has 7 atom stereocenters. The van der Waals surface area contributed by atoms with Crippen molar-refractivity contribution in [1.82, 2.24) is 19.6 Å². The van der Waals surface area contributed by atoms with Crippen molar-refractivity contribution in [1.29, 1.82) is 0 Å². The van der Waals surface area contributed by atoms with Gasteiger partial charge >= 0.3 is 12.1 Å². The van der Waals surface area contributed by atoms with E-state index in [1.54, 1.807) is 43.5 Å². The number of amides is 2. The van der Waals surface area contributed by atoms with Crippen LogP contribution >= 0.6 is 0 Å². The summed E-state index contributed by atoms with van der Waals surface area (Å²) >= 11 is 0. The van der Waals surface area contributed by atoms with Gasteiger partial charge in [0, 0.05) is 18.2 Å². The van der Waals surface area contributed by atoms with Crippen molar-refractivity contribution >= 4 is 44.4 Å². The van der Waals surface area contributed by atoms with Gasteiger partial charge in [0.15, 0.2) is 5.78 Å². The Morgan fingerprint density at radius 3 is 2.38 bits per heavy atom. The number of carbonyl (C=O) groups is 4. The molecule has 2 aromatic heterocycles. The summed E-state index contributed by atoms with van der Waals surface area (Å²) in [5.74, 6) is -4.01. The lowest BCUT2D eigenvalue weighted by molar-refractivity contribution is -0.257. The van der Waals surface area contributed by atoms with Crippen molar-refractivity contribution in [3.05, 3.63) is 54.7 Å². The number of pyridine rings is 2. The normalized spacial score (nSPS) is 27.0. The Morgan fingerprint density at radius 2 is 1.75 bits per heavy atom. The Labute approximate surface area is 396 Å². The molecule has 2 amide bonds. The summed E-state index contributed by atoms with van der Waals surface area (Å²) in [4.78, 5) is 68.8. The predicted molar refractivity (Wildman–Crippen MR) is 247 cm³/mol. The van der Waals surface area contributed by atoms with Crippen LogP contribution in [0.5, 0.6) is 17.4 Å². The number of sulfonamides is 1. The minimum atomic E-state index is -4.89. The number of Topliss-reactive ketones (excluding diaryl/α,β-unsaturated/α-hetero) is 1. The van der Waals surface area contributed by atoms with E-state index in [1.807, 2.05) is 45.9 Å². The summed E-state index contributed by atoms with van der Waals surface area (Å²) < 4.78 is 93.0. The minimum Gasteiger partial charge on any atom is -0.497 e. The van der Waals surface area contributed by atoms with Crippen molar-refractivity contribution in [2.24, 2.45) is 29.1 Å². The first-order chi connectivity index (χ1) is 31.9. The lowest BCUT2D eigenvalue weighted by Gasteiger charge is -2.34. The number of ether oxygens (including phenoxy) is 4. The first-order valence-corrected chi connectivity index (χ1v) is 25.0. The number of rotatable bonds is 13. The smallest absolute Gasteiger partial charge is 0.427 e. The van der Waals surface area contributed by atoms with Gasteiger partial charge in [-0.1, -0.05) is 32.4 Å². The summed E-state index contributed by atoms with van der Waals surface area (Å²) in [5, 5.41) is 1.27. The number of esters is 1. The average molecular weight is 969 g/mol. The van der Waals surface area contributed by atoms with Gasteiger partial charge in [-0.3, -0.25) is 28.9 Å². The number of nitrogens with one attached hydrogen (secondary N) is 1. The summed E-state index contributed by atoms with van der Waals surface area (Å²) in [7, 11) is -2.53. The van der Waals surface area contributed by atoms with E-state index in [1.165, 1.54) is 12.0 Å². The predicted octanol–water partition coefficient (Wildman–Crippen LogP) is 8.70. The largest absolute Gasteiger partial charge is 0.497 e. The molecule has 2 aliphatic heterocycles. The maximum absolute atomic E-state index is 15.3. The van der Waals surface area contributed by atoms with Crippen molar-refractivity contribution in [2.75, 3.05) is 13.7 Å². The van der Waals surface area contributed by atoms with Crippen molar-refractivity contribution in [2.45, 2.75) is 147 Å². The molecule has 1 aromatic carbocycles. The SMILES string of the molecule is CC[C@@H]1C[C@H](C)CC/C=C\[C@@H]2C[C@@]2(C(=O)NS(=O)(=O)C2(C)CC2)CC(=O)[C@@H]2C[C@@H](Oc3nc(-c4ccc(OC(C)C)cn4)cc4cc(OC)ccc34)CN2C(=O)[C@H]1CC(=O)OC(C)(C)C(F)(F)F. The molecule has 3 fully saturated rings. The number of alkyl halides is 3. The molecule has 4 aliphatic rings. The average Bonchev–Trinajstić information content (AvgIpc) is 4.15. The highest BCUT2D eigenvalue weighted by atomic mass is 32.2. The number of ketones is 1. The number of aromatic nitrogens is 2. The van der Waals surface area contributed by atoms with Gasteiger partial charge in [0.2, 0.25) is 33.3 Å². The van der Waals surface area contributed by atoms with Gasteiger partial charge in [-0.05, 0) is 133 Å². The maximum atomic E-state index is 15.3. The van der Waals surface area contributed by atoms with Crippen LogP contribution in [0, 0.1) is 29.1 Å². The van der Waals surface area contributed by atoms with Gasteiger partial charge in [0.25, 0.3) is 0 Å². The van der Waals surface area contributed by atoms with Crippen LogP contribution in [-0.2, 0) is 33.9 Å². The topological polar surface area (TPSA) is 180 Å². The number of allylic oxidation sites excluding steroid dienone is 2. The lowest BCUT2D eigenvalue weighted by atomic mass is 9.79. The molecule has 370 valence electrons. The number of nitrogens with zero attached hydrogens (tertiary/aromatic N) is 3. The number of benzene rings is 1. The molecule has 0 bridgehead atoms. The van der Waals surface area contributed by atoms with E-state index in [9.17, 15) is 36.0 Å². The quantitative estimate of drug-likeness (QED) is 0.127. The Bertz CT molecular complexity index is 2550. The van der Waals surface area contributed by atoms with Gasteiger partial charge in [-0.2, -0.15) is 13.2 Å². The van der Waals surface area contributed by atoms with Crippen molar-refractivity contribution in [3.8, 4) is 28.8 Å². The maximum Gasteiger partial charge on any atom is 0.427 e. The van der Waals surface area contributed by atoms with Gasteiger partial charge in [-0.15, -0.1) is 0 Å². The number of methoxy groups -OCH3 is 1. The fourth-order valence-corrected chi connectivity index (χ4v) is 10.8. The summed E-state index contributed by atoms with van der Waals surface area (Å²) in [6, 6.07) is 9.45. The number of carbonyl (C=O) groups excluding carboxylic acids is 4. The van der Waals surface area contributed by atoms with Gasteiger partial charge in [0.1, 0.15) is 17.6 Å². The number of hydrogen-bond donors (Lipinski definition) is 1. The van der Waals surface area contributed by atoms with Crippen LogP contribution in [0.25, 0.3) is 22.2 Å². The summed E-state index contributed by atoms with van der Waals surface area (Å²) in [5.41, 5.74) is -3.32. The van der Waals surface area contributed by atoms with E-state index in [0.717, 1.165) is 13.8 Å². The van der Waals surface area contributed by atoms with Crippen LogP contribution in [-0.4, -0.2) is 95.3 Å². The Kier molecular flexibility index (Phi) is 14.3. The standard InChI is InChI=1S/C50H63F3N4O10S/c1-9-31-20-30(4)12-10-11-13-33-25-49(33,46(61)56-68(62,63)48(7)18-19-48)26-42(58)41-23-36(28-57(41)45(60)38(31)24-43(59)67-47(5,6)50(51,52)53)66-44-37-16-14-34(64-8)21-32(37)22-40(55-44)39-17-15-35(27-54-39)65-29(2)3/h11,13-17,21-22,27,29-31,33,36,38,41H,9-10,12,18-20,23-26,28H2,1-8H3,(H,56,61)/b13-11-/t30-,31-,33-,36-,38+,41+,49-/m1/s1. The molecule has 2 aliphatic carbocycles. The van der Waals surface area contributed by atoms with Crippen LogP contribution in [0.4, 0.5) is 13.2 Å². The zero-order valence-corrected chi connectivity index (χ0v) is 40.8. The first kappa shape index (κ1) is 50.6. The third kappa shape index (κ3) is 10.8.